The van der Waals surface area contributed by atoms with Gasteiger partial charge in [0.15, 0.2) is 17.2 Å². The summed E-state index contributed by atoms with van der Waals surface area (Å²) in [7, 11) is 1.53. The Morgan fingerprint density at radius 2 is 2.20 bits per heavy atom. The fraction of sp³-hybridized carbons (Fsp3) is 0.286. The number of hydrogen-bond acceptors (Lipinski definition) is 8. The molecule has 0 aliphatic heterocycles. The highest BCUT2D eigenvalue weighted by Crippen LogP contribution is 2.19. The Hall–Kier alpha value is -3.34. The quantitative estimate of drug-likeness (QED) is 0.445. The standard InChI is InChI=1S/C14H17N7O4/c1-7-3-6-25-9(7)12(23)19-18-10-8-11(17-13(15)16-10)21(4-5-22)14(24)20(8)2/h3,6,22H,4-5H2,1-2H3,(H,19,23)(H3,15,16,17,18). The summed E-state index contributed by atoms with van der Waals surface area (Å²) in [5.41, 5.74) is 11.7. The lowest BCUT2D eigenvalue weighted by atomic mass is 10.3. The first kappa shape index (κ1) is 16.5. The number of rotatable bonds is 5. The molecule has 11 heteroatoms. The van der Waals surface area contributed by atoms with Crippen LogP contribution in [0.2, 0.25) is 0 Å². The number of hydrazine groups is 1. The van der Waals surface area contributed by atoms with Crippen molar-refractivity contribution in [1.29, 1.82) is 0 Å². The van der Waals surface area contributed by atoms with E-state index >= 15 is 0 Å². The zero-order valence-corrected chi connectivity index (χ0v) is 13.6. The van der Waals surface area contributed by atoms with Gasteiger partial charge in [-0.15, -0.1) is 0 Å². The Kier molecular flexibility index (Phi) is 4.15. The van der Waals surface area contributed by atoms with Gasteiger partial charge in [-0.1, -0.05) is 0 Å². The van der Waals surface area contributed by atoms with Gasteiger partial charge in [-0.3, -0.25) is 24.8 Å². The van der Waals surface area contributed by atoms with Crippen molar-refractivity contribution in [2.24, 2.45) is 7.05 Å². The smallest absolute Gasteiger partial charge is 0.330 e. The number of nitrogens with two attached hydrogens (primary N) is 1. The number of hydrogen-bond donors (Lipinski definition) is 4. The van der Waals surface area contributed by atoms with Gasteiger partial charge in [0.2, 0.25) is 5.95 Å². The third kappa shape index (κ3) is 2.80. The van der Waals surface area contributed by atoms with E-state index < -0.39 is 5.91 Å². The van der Waals surface area contributed by atoms with Crippen molar-refractivity contribution in [3.8, 4) is 0 Å². The van der Waals surface area contributed by atoms with Crippen molar-refractivity contribution < 1.29 is 14.3 Å². The van der Waals surface area contributed by atoms with Crippen LogP contribution in [0.15, 0.2) is 21.5 Å². The van der Waals surface area contributed by atoms with Crippen molar-refractivity contribution in [3.05, 3.63) is 34.1 Å². The Bertz CT molecular complexity index is 1000. The fourth-order valence-corrected chi connectivity index (χ4v) is 2.49. The maximum atomic E-state index is 12.3. The fourth-order valence-electron chi connectivity index (χ4n) is 2.49. The SMILES string of the molecule is Cc1ccoc1C(=O)NNc1nc(N)nc2c1n(C)c(=O)n2CCO. The molecule has 0 saturated heterocycles. The Morgan fingerprint density at radius 1 is 1.44 bits per heavy atom. The third-order valence-electron chi connectivity index (χ3n) is 3.68. The van der Waals surface area contributed by atoms with E-state index in [-0.39, 0.29) is 42.0 Å². The molecule has 1 amide bonds. The van der Waals surface area contributed by atoms with Crippen LogP contribution < -0.4 is 22.3 Å². The van der Waals surface area contributed by atoms with Gasteiger partial charge < -0.3 is 15.3 Å². The molecule has 3 heterocycles. The summed E-state index contributed by atoms with van der Waals surface area (Å²) in [5.74, 6) is -0.294. The molecule has 0 bridgehead atoms. The van der Waals surface area contributed by atoms with E-state index in [9.17, 15) is 9.59 Å². The first-order valence-corrected chi connectivity index (χ1v) is 7.38. The van der Waals surface area contributed by atoms with Crippen LogP contribution in [0.1, 0.15) is 16.1 Å². The predicted molar refractivity (Wildman–Crippen MR) is 88.8 cm³/mol. The number of fused-ring (bicyclic) bond motifs is 1. The molecule has 0 atom stereocenters. The second-order valence-electron chi connectivity index (χ2n) is 5.33. The number of imidazole rings is 1. The van der Waals surface area contributed by atoms with Gasteiger partial charge in [0.25, 0.3) is 0 Å². The largest absolute Gasteiger partial charge is 0.459 e. The molecule has 0 aromatic carbocycles. The normalized spacial score (nSPS) is 11.0. The Labute approximate surface area is 141 Å². The Balaban J connectivity index is 1.99. The molecule has 0 saturated carbocycles. The first-order chi connectivity index (χ1) is 11.9. The van der Waals surface area contributed by atoms with Crippen LogP contribution in [0.3, 0.4) is 0 Å². The van der Waals surface area contributed by atoms with Gasteiger partial charge in [-0.05, 0) is 13.0 Å². The van der Waals surface area contributed by atoms with Crippen molar-refractivity contribution in [3.63, 3.8) is 0 Å². The summed E-state index contributed by atoms with van der Waals surface area (Å²) in [6.45, 7) is 1.56. The van der Waals surface area contributed by atoms with Crippen LogP contribution in [0.25, 0.3) is 11.2 Å². The average molecular weight is 347 g/mol. The van der Waals surface area contributed by atoms with Crippen LogP contribution in [0.4, 0.5) is 11.8 Å². The number of carbonyl (C=O) groups excluding carboxylic acids is 1. The molecule has 3 rings (SSSR count). The zero-order chi connectivity index (χ0) is 18.1. The number of aliphatic hydroxyl groups is 1. The van der Waals surface area contributed by atoms with Gasteiger partial charge >= 0.3 is 11.6 Å². The van der Waals surface area contributed by atoms with Crippen LogP contribution in [0.5, 0.6) is 0 Å². The number of aliphatic hydroxyl groups excluding tert-OH is 1. The molecule has 5 N–H and O–H groups in total. The number of aromatic nitrogens is 4. The number of aryl methyl sites for hydroxylation is 2. The van der Waals surface area contributed by atoms with E-state index in [2.05, 4.69) is 20.8 Å². The molecule has 0 spiro atoms. The zero-order valence-electron chi connectivity index (χ0n) is 13.6. The number of nitrogens with one attached hydrogen (secondary N) is 2. The van der Waals surface area contributed by atoms with Crippen LogP contribution in [-0.4, -0.2) is 36.7 Å². The summed E-state index contributed by atoms with van der Waals surface area (Å²) in [4.78, 5) is 32.5. The van der Waals surface area contributed by atoms with Gasteiger partial charge in [0, 0.05) is 12.6 Å². The molecule has 0 fully saturated rings. The highest BCUT2D eigenvalue weighted by atomic mass is 16.3. The molecule has 132 valence electrons. The first-order valence-electron chi connectivity index (χ1n) is 7.38. The molecule has 0 unspecified atom stereocenters. The average Bonchev–Trinajstić information content (AvgIpc) is 3.10. The third-order valence-corrected chi connectivity index (χ3v) is 3.68. The number of amides is 1. The van der Waals surface area contributed by atoms with Gasteiger partial charge in [-0.2, -0.15) is 9.97 Å². The van der Waals surface area contributed by atoms with Crippen molar-refractivity contribution in [1.82, 2.24) is 24.5 Å². The van der Waals surface area contributed by atoms with Gasteiger partial charge in [0.05, 0.1) is 19.4 Å². The lowest BCUT2D eigenvalue weighted by Crippen LogP contribution is -2.30. The number of anilines is 2. The summed E-state index contributed by atoms with van der Waals surface area (Å²) in [5, 5.41) is 9.13. The van der Waals surface area contributed by atoms with Crippen LogP contribution >= 0.6 is 0 Å². The molecule has 25 heavy (non-hydrogen) atoms. The topological polar surface area (TPSA) is 153 Å². The molecule has 3 aromatic rings. The molecule has 0 radical (unpaired) electrons. The second-order valence-corrected chi connectivity index (χ2v) is 5.33. The van der Waals surface area contributed by atoms with Crippen LogP contribution in [-0.2, 0) is 13.6 Å². The highest BCUT2D eigenvalue weighted by molar-refractivity contribution is 5.94. The van der Waals surface area contributed by atoms with Crippen molar-refractivity contribution in [2.75, 3.05) is 17.8 Å². The number of furan rings is 1. The van der Waals surface area contributed by atoms with E-state index in [4.69, 9.17) is 15.3 Å². The molecule has 11 nitrogen and oxygen atoms in total. The predicted octanol–water partition coefficient (Wildman–Crippen LogP) is -0.637. The molecular formula is C14H17N7O4. The summed E-state index contributed by atoms with van der Waals surface area (Å²) >= 11 is 0. The minimum Gasteiger partial charge on any atom is -0.459 e. The van der Waals surface area contributed by atoms with Gasteiger partial charge in [0.1, 0.15) is 5.52 Å². The van der Waals surface area contributed by atoms with E-state index in [1.165, 1.54) is 22.4 Å². The number of carbonyl (C=O) groups is 1. The van der Waals surface area contributed by atoms with Gasteiger partial charge in [-0.25, -0.2) is 4.79 Å². The lowest BCUT2D eigenvalue weighted by molar-refractivity contribution is 0.0934. The minimum atomic E-state index is -0.507. The van der Waals surface area contributed by atoms with Crippen LogP contribution in [0, 0.1) is 6.92 Å². The van der Waals surface area contributed by atoms with Crippen molar-refractivity contribution >= 4 is 28.8 Å². The van der Waals surface area contributed by atoms with E-state index in [0.29, 0.717) is 11.1 Å². The summed E-state index contributed by atoms with van der Waals surface area (Å²) in [6.07, 6.45) is 1.41. The van der Waals surface area contributed by atoms with Crippen molar-refractivity contribution in [2.45, 2.75) is 13.5 Å². The number of nitrogen functional groups attached to an aromatic ring is 1. The Morgan fingerprint density at radius 3 is 2.84 bits per heavy atom. The maximum Gasteiger partial charge on any atom is 0.330 e. The molecule has 3 aromatic heterocycles. The second kappa shape index (κ2) is 6.28. The molecular weight excluding hydrogens is 330 g/mol. The summed E-state index contributed by atoms with van der Waals surface area (Å²) < 4.78 is 7.69. The minimum absolute atomic E-state index is 0.0595. The van der Waals surface area contributed by atoms with E-state index in [1.54, 1.807) is 13.0 Å². The lowest BCUT2D eigenvalue weighted by Gasteiger charge is -2.09. The maximum absolute atomic E-state index is 12.3. The highest BCUT2D eigenvalue weighted by Gasteiger charge is 2.19. The number of nitrogens with zero attached hydrogens (tertiary/aromatic N) is 4. The van der Waals surface area contributed by atoms with E-state index in [0.717, 1.165) is 0 Å². The summed E-state index contributed by atoms with van der Waals surface area (Å²) in [6, 6.07) is 1.66. The molecule has 0 aliphatic rings. The monoisotopic (exact) mass is 347 g/mol. The molecule has 0 aliphatic carbocycles. The van der Waals surface area contributed by atoms with E-state index in [1.807, 2.05) is 0 Å².